The topological polar surface area (TPSA) is 87.4 Å². The second-order valence-electron chi connectivity index (χ2n) is 5.68. The zero-order chi connectivity index (χ0) is 18.9. The fraction of sp³-hybridized carbons (Fsp3) is 0.111. The average molecular weight is 372 g/mol. The Labute approximate surface area is 149 Å². The van der Waals surface area contributed by atoms with Crippen molar-refractivity contribution in [2.75, 3.05) is 0 Å². The highest BCUT2D eigenvalue weighted by Gasteiger charge is 2.23. The third kappa shape index (κ3) is 3.31. The second kappa shape index (κ2) is 6.64. The molecule has 7 nitrogen and oxygen atoms in total. The summed E-state index contributed by atoms with van der Waals surface area (Å²) in [5, 5.41) is 0. The monoisotopic (exact) mass is 372 g/mol. The van der Waals surface area contributed by atoms with Crippen molar-refractivity contribution in [3.63, 3.8) is 0 Å². The summed E-state index contributed by atoms with van der Waals surface area (Å²) in [5.74, 6) is 0.0700. The van der Waals surface area contributed by atoms with Gasteiger partial charge in [-0.05, 0) is 23.3 Å². The third-order valence-electron chi connectivity index (χ3n) is 3.85. The molecule has 8 heteroatoms. The Morgan fingerprint density at radius 1 is 0.846 bits per heavy atom. The van der Waals surface area contributed by atoms with E-state index < -0.39 is 26.3 Å². The van der Waals surface area contributed by atoms with Gasteiger partial charge in [-0.25, -0.2) is 4.79 Å². The van der Waals surface area contributed by atoms with Crippen molar-refractivity contribution in [3.05, 3.63) is 81.6 Å². The van der Waals surface area contributed by atoms with E-state index in [0.29, 0.717) is 0 Å². The molecule has 2 aromatic carbocycles. The number of aryl methyl sites for hydroxylation is 1. The Hall–Kier alpha value is -3.13. The van der Waals surface area contributed by atoms with E-state index in [4.69, 9.17) is 4.18 Å². The first-order valence-corrected chi connectivity index (χ1v) is 9.07. The van der Waals surface area contributed by atoms with Crippen LogP contribution in [0.1, 0.15) is 0 Å². The van der Waals surface area contributed by atoms with Gasteiger partial charge in [0.2, 0.25) is 0 Å². The van der Waals surface area contributed by atoms with E-state index in [-0.39, 0.29) is 5.75 Å². The summed E-state index contributed by atoms with van der Waals surface area (Å²) in [5.41, 5.74) is 0.317. The highest BCUT2D eigenvalue weighted by molar-refractivity contribution is 7.87. The molecule has 1 heterocycles. The van der Waals surface area contributed by atoms with Gasteiger partial charge in [0.05, 0.1) is 0 Å². The standard InChI is InChI=1S/C18H16N2O5S/c1-19-12-16(17(21)20(2)18(19)22)26(23,24)25-15-10-8-14(9-11-15)13-6-4-3-5-7-13/h3-12H,1-2H3. The van der Waals surface area contributed by atoms with Crippen LogP contribution in [0.2, 0.25) is 0 Å². The van der Waals surface area contributed by atoms with Crippen molar-refractivity contribution in [1.82, 2.24) is 9.13 Å². The van der Waals surface area contributed by atoms with E-state index in [9.17, 15) is 18.0 Å². The number of nitrogens with zero attached hydrogens (tertiary/aromatic N) is 2. The Morgan fingerprint density at radius 2 is 1.42 bits per heavy atom. The van der Waals surface area contributed by atoms with Crippen LogP contribution in [0.4, 0.5) is 0 Å². The van der Waals surface area contributed by atoms with Crippen molar-refractivity contribution < 1.29 is 12.6 Å². The van der Waals surface area contributed by atoms with Crippen LogP contribution in [-0.2, 0) is 24.2 Å². The molecule has 0 saturated carbocycles. The Kier molecular flexibility index (Phi) is 4.52. The lowest BCUT2D eigenvalue weighted by Crippen LogP contribution is -2.39. The van der Waals surface area contributed by atoms with Gasteiger partial charge in [-0.2, -0.15) is 8.42 Å². The summed E-state index contributed by atoms with van der Waals surface area (Å²) in [6.45, 7) is 0. The molecule has 0 bridgehead atoms. The summed E-state index contributed by atoms with van der Waals surface area (Å²) in [6.07, 6.45) is 0.957. The minimum atomic E-state index is -4.38. The van der Waals surface area contributed by atoms with Crippen LogP contribution in [-0.4, -0.2) is 17.6 Å². The normalized spacial score (nSPS) is 11.3. The minimum Gasteiger partial charge on any atom is -0.379 e. The second-order valence-corrected chi connectivity index (χ2v) is 7.19. The molecule has 1 aromatic heterocycles. The molecule has 0 fully saturated rings. The van der Waals surface area contributed by atoms with Gasteiger partial charge in [0.1, 0.15) is 5.75 Å². The molecular weight excluding hydrogens is 356 g/mol. The molecule has 0 unspecified atom stereocenters. The van der Waals surface area contributed by atoms with E-state index >= 15 is 0 Å². The molecule has 26 heavy (non-hydrogen) atoms. The SMILES string of the molecule is Cn1cc(S(=O)(=O)Oc2ccc(-c3ccccc3)cc2)c(=O)n(C)c1=O. The molecule has 0 aliphatic heterocycles. The van der Waals surface area contributed by atoms with Crippen molar-refractivity contribution >= 4 is 10.1 Å². The number of rotatable bonds is 4. The summed E-state index contributed by atoms with van der Waals surface area (Å²) in [6, 6.07) is 16.0. The van der Waals surface area contributed by atoms with Crippen LogP contribution < -0.4 is 15.4 Å². The molecule has 3 rings (SSSR count). The summed E-state index contributed by atoms with van der Waals surface area (Å²) >= 11 is 0. The molecule has 0 amide bonds. The smallest absolute Gasteiger partial charge is 0.346 e. The zero-order valence-electron chi connectivity index (χ0n) is 14.1. The average Bonchev–Trinajstić information content (AvgIpc) is 2.64. The van der Waals surface area contributed by atoms with E-state index in [1.807, 2.05) is 30.3 Å². The Bertz CT molecular complexity index is 1160. The summed E-state index contributed by atoms with van der Waals surface area (Å²) < 4.78 is 31.7. The van der Waals surface area contributed by atoms with Crippen LogP contribution in [0.25, 0.3) is 11.1 Å². The highest BCUT2D eigenvalue weighted by Crippen LogP contribution is 2.23. The first-order chi connectivity index (χ1) is 12.3. The first kappa shape index (κ1) is 17.7. The predicted molar refractivity (Wildman–Crippen MR) is 96.6 cm³/mol. The van der Waals surface area contributed by atoms with Gasteiger partial charge >= 0.3 is 15.8 Å². The number of hydrogen-bond donors (Lipinski definition) is 0. The highest BCUT2D eigenvalue weighted by atomic mass is 32.2. The molecule has 0 radical (unpaired) electrons. The van der Waals surface area contributed by atoms with Crippen molar-refractivity contribution in [2.24, 2.45) is 14.1 Å². The molecule has 0 spiro atoms. The lowest BCUT2D eigenvalue weighted by molar-refractivity contribution is 0.480. The molecular formula is C18H16N2O5S. The molecule has 0 atom stereocenters. The summed E-state index contributed by atoms with van der Waals surface area (Å²) in [4.78, 5) is 23.2. The fourth-order valence-corrected chi connectivity index (χ4v) is 3.54. The number of benzene rings is 2. The quantitative estimate of drug-likeness (QED) is 0.648. The zero-order valence-corrected chi connectivity index (χ0v) is 14.9. The van der Waals surface area contributed by atoms with Gasteiger partial charge < -0.3 is 8.75 Å². The van der Waals surface area contributed by atoms with E-state index in [0.717, 1.165) is 26.5 Å². The predicted octanol–water partition coefficient (Wildman–Crippen LogP) is 1.52. The van der Waals surface area contributed by atoms with Crippen LogP contribution in [0.5, 0.6) is 5.75 Å². The summed E-state index contributed by atoms with van der Waals surface area (Å²) in [7, 11) is -1.81. The van der Waals surface area contributed by atoms with Crippen LogP contribution in [0, 0.1) is 0 Å². The molecule has 134 valence electrons. The van der Waals surface area contributed by atoms with E-state index in [1.54, 1.807) is 12.1 Å². The van der Waals surface area contributed by atoms with Gasteiger partial charge in [0.15, 0.2) is 4.90 Å². The third-order valence-corrected chi connectivity index (χ3v) is 5.08. The van der Waals surface area contributed by atoms with Gasteiger partial charge in [0.25, 0.3) is 5.56 Å². The molecule has 0 aliphatic carbocycles. The van der Waals surface area contributed by atoms with Gasteiger partial charge in [0, 0.05) is 20.3 Å². The molecule has 0 aliphatic rings. The minimum absolute atomic E-state index is 0.0700. The van der Waals surface area contributed by atoms with Gasteiger partial charge in [-0.1, -0.05) is 42.5 Å². The maximum Gasteiger partial charge on any atom is 0.346 e. The maximum absolute atomic E-state index is 12.4. The van der Waals surface area contributed by atoms with Gasteiger partial charge in [-0.15, -0.1) is 0 Å². The fourth-order valence-electron chi connectivity index (χ4n) is 2.45. The molecule has 0 N–H and O–H groups in total. The first-order valence-electron chi connectivity index (χ1n) is 7.66. The molecule has 3 aromatic rings. The lowest BCUT2D eigenvalue weighted by Gasteiger charge is -2.09. The van der Waals surface area contributed by atoms with Crippen LogP contribution in [0.15, 0.2) is 75.3 Å². The lowest BCUT2D eigenvalue weighted by atomic mass is 10.1. The van der Waals surface area contributed by atoms with E-state index in [1.165, 1.54) is 26.2 Å². The van der Waals surface area contributed by atoms with Crippen molar-refractivity contribution in [3.8, 4) is 16.9 Å². The Balaban J connectivity index is 1.94. The maximum atomic E-state index is 12.4. The number of aromatic nitrogens is 2. The van der Waals surface area contributed by atoms with Crippen LogP contribution >= 0.6 is 0 Å². The van der Waals surface area contributed by atoms with E-state index in [2.05, 4.69) is 0 Å². The number of hydrogen-bond acceptors (Lipinski definition) is 5. The molecule has 0 saturated heterocycles. The van der Waals surface area contributed by atoms with Gasteiger partial charge in [-0.3, -0.25) is 9.36 Å². The van der Waals surface area contributed by atoms with Crippen molar-refractivity contribution in [2.45, 2.75) is 4.90 Å². The Morgan fingerprint density at radius 3 is 2.04 bits per heavy atom. The van der Waals surface area contributed by atoms with Crippen LogP contribution in [0.3, 0.4) is 0 Å². The largest absolute Gasteiger partial charge is 0.379 e. The van der Waals surface area contributed by atoms with Crippen molar-refractivity contribution in [1.29, 1.82) is 0 Å².